The predicted molar refractivity (Wildman–Crippen MR) is 70.6 cm³/mol. The highest BCUT2D eigenvalue weighted by molar-refractivity contribution is 7.86. The zero-order valence-electron chi connectivity index (χ0n) is 10.6. The Morgan fingerprint density at radius 2 is 1.71 bits per heavy atom. The second-order valence-electron chi connectivity index (χ2n) is 5.40. The zero-order chi connectivity index (χ0) is 12.9. The molecule has 0 aromatic heterocycles. The Labute approximate surface area is 106 Å². The lowest BCUT2D eigenvalue weighted by Gasteiger charge is -2.15. The quantitative estimate of drug-likeness (QED) is 0.615. The summed E-state index contributed by atoms with van der Waals surface area (Å²) < 4.78 is 29.7. The first kappa shape index (κ1) is 12.8. The van der Waals surface area contributed by atoms with Crippen LogP contribution >= 0.6 is 0 Å². The normalized spacial score (nSPS) is 37.0. The maximum atomic E-state index is 12.1. The van der Waals surface area contributed by atoms with Crippen LogP contribution in [0.2, 0.25) is 5.04 Å². The average molecular weight is 270 g/mol. The monoisotopic (exact) mass is 270 g/mol. The van der Waals surface area contributed by atoms with Crippen molar-refractivity contribution in [3.8, 4) is 0 Å². The molecule has 5 heteroatoms. The van der Waals surface area contributed by atoms with Crippen LogP contribution < -0.4 is 0 Å². The Morgan fingerprint density at radius 1 is 1.24 bits per heavy atom. The summed E-state index contributed by atoms with van der Waals surface area (Å²) in [6, 6.07) is 8.33. The van der Waals surface area contributed by atoms with E-state index in [2.05, 4.69) is 6.92 Å². The molecule has 1 aromatic rings. The highest BCUT2D eigenvalue weighted by Crippen LogP contribution is 2.68. The first-order valence-electron chi connectivity index (χ1n) is 5.72. The molecule has 1 aromatic carbocycles. The van der Waals surface area contributed by atoms with Gasteiger partial charge in [-0.05, 0) is 30.0 Å². The fraction of sp³-hybridized carbons (Fsp3) is 0.500. The smallest absolute Gasteiger partial charge is 0.259 e. The van der Waals surface area contributed by atoms with Crippen LogP contribution in [-0.4, -0.2) is 24.3 Å². The van der Waals surface area contributed by atoms with Crippen LogP contribution in [0.15, 0.2) is 35.2 Å². The molecule has 3 unspecified atom stereocenters. The summed E-state index contributed by atoms with van der Waals surface area (Å²) in [6.45, 7) is 6.03. The standard InChI is InChI=1S/C12H18O3SSi/c1-9-11(2,12(9,3)17)15-16(13,14)10-7-5-4-6-8-10/h4-9H,1-3,17H3. The van der Waals surface area contributed by atoms with Crippen LogP contribution in [0.3, 0.4) is 0 Å². The van der Waals surface area contributed by atoms with Crippen LogP contribution in [0.5, 0.6) is 0 Å². The summed E-state index contributed by atoms with van der Waals surface area (Å²) >= 11 is 0. The fourth-order valence-corrected chi connectivity index (χ4v) is 4.76. The van der Waals surface area contributed by atoms with Gasteiger partial charge in [0, 0.05) is 10.2 Å². The molecule has 1 aliphatic rings. The molecule has 1 aliphatic carbocycles. The SMILES string of the molecule is CC1C(C)([SiH3])C1(C)OS(=O)(=O)c1ccccc1. The second kappa shape index (κ2) is 3.67. The largest absolute Gasteiger partial charge is 0.297 e. The summed E-state index contributed by atoms with van der Waals surface area (Å²) in [6.07, 6.45) is 0. The van der Waals surface area contributed by atoms with E-state index in [1.54, 1.807) is 30.3 Å². The van der Waals surface area contributed by atoms with Crippen molar-refractivity contribution in [3.63, 3.8) is 0 Å². The maximum absolute atomic E-state index is 12.1. The lowest BCUT2D eigenvalue weighted by atomic mass is 10.3. The Bertz CT molecular complexity index is 524. The highest BCUT2D eigenvalue weighted by Gasteiger charge is 2.68. The van der Waals surface area contributed by atoms with Crippen LogP contribution in [0.25, 0.3) is 0 Å². The summed E-state index contributed by atoms with van der Waals surface area (Å²) in [5.41, 5.74) is -0.534. The van der Waals surface area contributed by atoms with E-state index in [0.29, 0.717) is 5.92 Å². The van der Waals surface area contributed by atoms with Gasteiger partial charge in [-0.2, -0.15) is 8.42 Å². The molecule has 17 heavy (non-hydrogen) atoms. The Hall–Kier alpha value is -0.653. The van der Waals surface area contributed by atoms with Gasteiger partial charge in [0.15, 0.2) is 0 Å². The van der Waals surface area contributed by atoms with Gasteiger partial charge in [-0.1, -0.05) is 32.0 Å². The summed E-state index contributed by atoms with van der Waals surface area (Å²) in [5.74, 6) is 0.292. The Kier molecular flexibility index (Phi) is 2.76. The molecule has 3 atom stereocenters. The molecule has 1 saturated carbocycles. The van der Waals surface area contributed by atoms with Gasteiger partial charge in [0.2, 0.25) is 0 Å². The maximum Gasteiger partial charge on any atom is 0.297 e. The van der Waals surface area contributed by atoms with Crippen LogP contribution in [-0.2, 0) is 14.3 Å². The summed E-state index contributed by atoms with van der Waals surface area (Å²) in [7, 11) is -2.71. The van der Waals surface area contributed by atoms with Crippen molar-refractivity contribution in [2.45, 2.75) is 36.3 Å². The predicted octanol–water partition coefficient (Wildman–Crippen LogP) is 1.34. The van der Waals surface area contributed by atoms with Crippen molar-refractivity contribution in [3.05, 3.63) is 30.3 Å². The minimum atomic E-state index is -3.64. The molecule has 0 heterocycles. The van der Waals surface area contributed by atoms with Gasteiger partial charge >= 0.3 is 0 Å². The molecule has 0 radical (unpaired) electrons. The lowest BCUT2D eigenvalue weighted by Crippen LogP contribution is -2.21. The van der Waals surface area contributed by atoms with E-state index in [1.165, 1.54) is 0 Å². The fourth-order valence-electron chi connectivity index (χ4n) is 2.27. The van der Waals surface area contributed by atoms with Gasteiger partial charge in [-0.25, -0.2) is 0 Å². The molecule has 0 aliphatic heterocycles. The van der Waals surface area contributed by atoms with E-state index in [0.717, 1.165) is 10.2 Å². The van der Waals surface area contributed by atoms with E-state index in [-0.39, 0.29) is 9.93 Å². The molecule has 0 amide bonds. The molecule has 0 spiro atoms. The summed E-state index contributed by atoms with van der Waals surface area (Å²) in [4.78, 5) is 0.234. The average Bonchev–Trinajstić information content (AvgIpc) is 2.63. The third-order valence-corrected chi connectivity index (χ3v) is 7.69. The van der Waals surface area contributed by atoms with Crippen molar-refractivity contribution >= 4 is 20.4 Å². The van der Waals surface area contributed by atoms with Crippen molar-refractivity contribution < 1.29 is 12.6 Å². The first-order chi connectivity index (χ1) is 7.72. The van der Waals surface area contributed by atoms with Gasteiger partial charge in [-0.3, -0.25) is 4.18 Å². The second-order valence-corrected chi connectivity index (χ2v) is 9.02. The van der Waals surface area contributed by atoms with Crippen molar-refractivity contribution in [1.82, 2.24) is 0 Å². The number of benzene rings is 1. The van der Waals surface area contributed by atoms with Crippen molar-refractivity contribution in [2.24, 2.45) is 5.92 Å². The van der Waals surface area contributed by atoms with Gasteiger partial charge in [-0.15, -0.1) is 0 Å². The number of hydrogen-bond acceptors (Lipinski definition) is 3. The van der Waals surface area contributed by atoms with Gasteiger partial charge in [0.05, 0.1) is 10.5 Å². The lowest BCUT2D eigenvalue weighted by molar-refractivity contribution is 0.183. The van der Waals surface area contributed by atoms with Crippen molar-refractivity contribution in [1.29, 1.82) is 0 Å². The third-order valence-electron chi connectivity index (χ3n) is 4.42. The highest BCUT2D eigenvalue weighted by atomic mass is 32.2. The first-order valence-corrected chi connectivity index (χ1v) is 8.13. The molecule has 0 N–H and O–H groups in total. The molecule has 2 rings (SSSR count). The van der Waals surface area contributed by atoms with E-state index < -0.39 is 15.7 Å². The van der Waals surface area contributed by atoms with Crippen LogP contribution in [0.1, 0.15) is 20.8 Å². The molecule has 3 nitrogen and oxygen atoms in total. The minimum Gasteiger partial charge on any atom is -0.259 e. The van der Waals surface area contributed by atoms with Gasteiger partial charge in [0.25, 0.3) is 10.1 Å². The van der Waals surface area contributed by atoms with E-state index in [9.17, 15) is 8.42 Å². The van der Waals surface area contributed by atoms with Crippen molar-refractivity contribution in [2.75, 3.05) is 0 Å². The molecule has 94 valence electrons. The topological polar surface area (TPSA) is 43.4 Å². The van der Waals surface area contributed by atoms with E-state index in [1.807, 2.05) is 13.8 Å². The third kappa shape index (κ3) is 1.86. The van der Waals surface area contributed by atoms with E-state index in [4.69, 9.17) is 4.18 Å². The summed E-state index contributed by atoms with van der Waals surface area (Å²) in [5, 5.41) is 0.0366. The molecule has 1 fully saturated rings. The molecule has 0 bridgehead atoms. The van der Waals surface area contributed by atoms with Crippen LogP contribution in [0.4, 0.5) is 0 Å². The van der Waals surface area contributed by atoms with Gasteiger partial charge < -0.3 is 0 Å². The Morgan fingerprint density at radius 3 is 2.12 bits per heavy atom. The molecular formula is C12H18O3SSi. The number of rotatable bonds is 3. The van der Waals surface area contributed by atoms with E-state index >= 15 is 0 Å². The zero-order valence-corrected chi connectivity index (χ0v) is 13.4. The van der Waals surface area contributed by atoms with Gasteiger partial charge in [0.1, 0.15) is 0 Å². The Balaban J connectivity index is 2.27. The molecule has 0 saturated heterocycles. The minimum absolute atomic E-state index is 0.0366. The van der Waals surface area contributed by atoms with Crippen LogP contribution in [0, 0.1) is 5.92 Å². The molecular weight excluding hydrogens is 252 g/mol. The number of hydrogen-bond donors (Lipinski definition) is 0.